The molecule has 0 aromatic heterocycles. The first-order valence-corrected chi connectivity index (χ1v) is 8.57. The van der Waals surface area contributed by atoms with Gasteiger partial charge < -0.3 is 9.59 Å². The molecule has 0 spiro atoms. The van der Waals surface area contributed by atoms with Gasteiger partial charge in [-0.2, -0.15) is 0 Å². The highest BCUT2D eigenvalue weighted by Gasteiger charge is 1.98. The summed E-state index contributed by atoms with van der Waals surface area (Å²) in [6.07, 6.45) is 7.85. The van der Waals surface area contributed by atoms with Crippen molar-refractivity contribution in [2.24, 2.45) is 5.92 Å². The van der Waals surface area contributed by atoms with Crippen molar-refractivity contribution in [3.05, 3.63) is 47.0 Å². The van der Waals surface area contributed by atoms with E-state index in [-0.39, 0.29) is 5.92 Å². The van der Waals surface area contributed by atoms with Crippen LogP contribution >= 0.6 is 0 Å². The zero-order valence-electron chi connectivity index (χ0n) is 15.3. The van der Waals surface area contributed by atoms with Crippen molar-refractivity contribution in [2.45, 2.75) is 66.2 Å². The molecular weight excluding hydrogens is 284 g/mol. The van der Waals surface area contributed by atoms with Gasteiger partial charge in [-0.15, -0.1) is 0 Å². The molecule has 1 atom stereocenters. The summed E-state index contributed by atoms with van der Waals surface area (Å²) in [5.41, 5.74) is 3.84. The van der Waals surface area contributed by atoms with Crippen molar-refractivity contribution in [3.63, 3.8) is 0 Å². The molecule has 128 valence electrons. The normalized spacial score (nSPS) is 12.3. The molecular formula is C21H32O2. The summed E-state index contributed by atoms with van der Waals surface area (Å²) in [5, 5.41) is 0. The van der Waals surface area contributed by atoms with Crippen LogP contribution in [0.1, 0.15) is 70.9 Å². The number of rotatable bonds is 8. The number of carbonyl (C=O) groups excluding carboxylic acids is 2. The Morgan fingerprint density at radius 2 is 1.70 bits per heavy atom. The van der Waals surface area contributed by atoms with Gasteiger partial charge in [0.2, 0.25) is 0 Å². The minimum atomic E-state index is 0.218. The van der Waals surface area contributed by atoms with Crippen molar-refractivity contribution in [1.29, 1.82) is 0 Å². The number of hydrogen-bond donors (Lipinski definition) is 0. The van der Waals surface area contributed by atoms with Gasteiger partial charge in [0, 0.05) is 12.3 Å². The van der Waals surface area contributed by atoms with E-state index in [1.165, 1.54) is 11.1 Å². The minimum absolute atomic E-state index is 0.218. The van der Waals surface area contributed by atoms with Gasteiger partial charge in [0.05, 0.1) is 0 Å². The third-order valence-corrected chi connectivity index (χ3v) is 3.87. The number of aldehydes is 2. The van der Waals surface area contributed by atoms with Crippen molar-refractivity contribution in [1.82, 2.24) is 0 Å². The van der Waals surface area contributed by atoms with E-state index >= 15 is 0 Å². The molecule has 0 aliphatic rings. The Hall–Kier alpha value is -1.70. The van der Waals surface area contributed by atoms with Crippen molar-refractivity contribution < 1.29 is 9.59 Å². The molecule has 0 saturated heterocycles. The van der Waals surface area contributed by atoms with Crippen LogP contribution in [-0.2, 0) is 16.0 Å². The molecule has 0 N–H and O–H groups in total. The minimum Gasteiger partial charge on any atom is -0.303 e. The fourth-order valence-electron chi connectivity index (χ4n) is 1.94. The highest BCUT2D eigenvalue weighted by Crippen LogP contribution is 2.14. The number of allylic oxidation sites excluding steroid dienone is 2. The monoisotopic (exact) mass is 316 g/mol. The van der Waals surface area contributed by atoms with Crippen LogP contribution in [0.25, 0.3) is 0 Å². The molecule has 1 unspecified atom stereocenters. The Labute approximate surface area is 142 Å². The lowest BCUT2D eigenvalue weighted by Crippen LogP contribution is -1.93. The Morgan fingerprint density at radius 1 is 1.09 bits per heavy atom. The summed E-state index contributed by atoms with van der Waals surface area (Å²) in [6, 6.07) is 8.21. The molecule has 23 heavy (non-hydrogen) atoms. The molecule has 2 nitrogen and oxygen atoms in total. The Balaban J connectivity index is 0.000000423. The van der Waals surface area contributed by atoms with E-state index in [9.17, 15) is 9.59 Å². The molecule has 0 saturated carbocycles. The summed E-state index contributed by atoms with van der Waals surface area (Å²) in [4.78, 5) is 20.4. The molecule has 0 radical (unpaired) electrons. The van der Waals surface area contributed by atoms with Gasteiger partial charge in [0.1, 0.15) is 12.6 Å². The molecule has 0 amide bonds. The standard InChI is InChI=1S/C11H14O.C10H18O/c1-9(2)11-5-3-10(4-6-11)7-8-12;1-4-9(2)6-5-7-10(3)8-11/h3-6,8-9H,7H2,1-2H3;6,8,10H,4-5,7H2,1-3H3. The smallest absolute Gasteiger partial charge is 0.124 e. The zero-order valence-corrected chi connectivity index (χ0v) is 15.3. The maximum atomic E-state index is 10.2. The largest absolute Gasteiger partial charge is 0.303 e. The maximum absolute atomic E-state index is 10.2. The van der Waals surface area contributed by atoms with Crippen molar-refractivity contribution in [2.75, 3.05) is 0 Å². The molecule has 0 aliphatic carbocycles. The maximum Gasteiger partial charge on any atom is 0.124 e. The van der Waals surface area contributed by atoms with Crippen LogP contribution < -0.4 is 0 Å². The van der Waals surface area contributed by atoms with Gasteiger partial charge in [0.25, 0.3) is 0 Å². The average molecular weight is 316 g/mol. The van der Waals surface area contributed by atoms with Crippen LogP contribution in [0.2, 0.25) is 0 Å². The second-order valence-electron chi connectivity index (χ2n) is 6.36. The summed E-state index contributed by atoms with van der Waals surface area (Å²) < 4.78 is 0. The van der Waals surface area contributed by atoms with Crippen LogP contribution in [0.15, 0.2) is 35.9 Å². The molecule has 1 rings (SSSR count). The van der Waals surface area contributed by atoms with E-state index in [2.05, 4.69) is 45.9 Å². The molecule has 2 heteroatoms. The Bertz CT molecular complexity index is 469. The molecule has 0 heterocycles. The predicted molar refractivity (Wildman–Crippen MR) is 98.8 cm³/mol. The quantitative estimate of drug-likeness (QED) is 0.468. The van der Waals surface area contributed by atoms with E-state index in [1.54, 1.807) is 0 Å². The van der Waals surface area contributed by atoms with E-state index in [1.807, 2.05) is 19.1 Å². The van der Waals surface area contributed by atoms with E-state index in [0.717, 1.165) is 37.4 Å². The second kappa shape index (κ2) is 12.8. The Morgan fingerprint density at radius 3 is 2.13 bits per heavy atom. The molecule has 0 bridgehead atoms. The van der Waals surface area contributed by atoms with Crippen LogP contribution in [0.5, 0.6) is 0 Å². The van der Waals surface area contributed by atoms with Gasteiger partial charge in [-0.05, 0) is 43.2 Å². The average Bonchev–Trinajstić information content (AvgIpc) is 2.55. The highest BCUT2D eigenvalue weighted by molar-refractivity contribution is 5.54. The summed E-state index contributed by atoms with van der Waals surface area (Å²) in [7, 11) is 0. The lowest BCUT2D eigenvalue weighted by Gasteiger charge is -2.04. The topological polar surface area (TPSA) is 34.1 Å². The van der Waals surface area contributed by atoms with E-state index in [0.29, 0.717) is 12.3 Å². The fraction of sp³-hybridized carbons (Fsp3) is 0.524. The third kappa shape index (κ3) is 10.6. The third-order valence-electron chi connectivity index (χ3n) is 3.87. The van der Waals surface area contributed by atoms with E-state index < -0.39 is 0 Å². The van der Waals surface area contributed by atoms with Crippen LogP contribution in [0, 0.1) is 5.92 Å². The lowest BCUT2D eigenvalue weighted by molar-refractivity contribution is -0.110. The van der Waals surface area contributed by atoms with Gasteiger partial charge in [0.15, 0.2) is 0 Å². The first kappa shape index (κ1) is 21.3. The summed E-state index contributed by atoms with van der Waals surface area (Å²) in [5.74, 6) is 0.784. The molecule has 1 aromatic rings. The van der Waals surface area contributed by atoms with Crippen molar-refractivity contribution >= 4 is 12.6 Å². The number of benzene rings is 1. The fourth-order valence-corrected chi connectivity index (χ4v) is 1.94. The van der Waals surface area contributed by atoms with Crippen LogP contribution in [0.3, 0.4) is 0 Å². The van der Waals surface area contributed by atoms with Gasteiger partial charge >= 0.3 is 0 Å². The van der Waals surface area contributed by atoms with Gasteiger partial charge in [-0.3, -0.25) is 0 Å². The summed E-state index contributed by atoms with van der Waals surface area (Å²) >= 11 is 0. The molecule has 0 aliphatic heterocycles. The molecule has 0 fully saturated rings. The van der Waals surface area contributed by atoms with Gasteiger partial charge in [-0.1, -0.05) is 63.6 Å². The second-order valence-corrected chi connectivity index (χ2v) is 6.36. The first-order valence-electron chi connectivity index (χ1n) is 8.57. The predicted octanol–water partition coefficient (Wildman–Crippen LogP) is 5.51. The first-order chi connectivity index (χ1) is 10.9. The van der Waals surface area contributed by atoms with E-state index in [4.69, 9.17) is 0 Å². The number of carbonyl (C=O) groups is 2. The SMILES string of the molecule is CC(C)c1ccc(CC=O)cc1.CCC(C)=CCCC(C)C=O. The van der Waals surface area contributed by atoms with Crippen LogP contribution in [-0.4, -0.2) is 12.6 Å². The zero-order chi connectivity index (χ0) is 17.7. The molecule has 1 aromatic carbocycles. The number of hydrogen-bond acceptors (Lipinski definition) is 2. The van der Waals surface area contributed by atoms with Crippen molar-refractivity contribution in [3.8, 4) is 0 Å². The van der Waals surface area contributed by atoms with Gasteiger partial charge in [-0.25, -0.2) is 0 Å². The lowest BCUT2D eigenvalue weighted by atomic mass is 10.0. The Kier molecular flexibility index (Phi) is 11.9. The van der Waals surface area contributed by atoms with Crippen LogP contribution in [0.4, 0.5) is 0 Å². The highest BCUT2D eigenvalue weighted by atomic mass is 16.1. The summed E-state index contributed by atoms with van der Waals surface area (Å²) in [6.45, 7) is 10.6.